The summed E-state index contributed by atoms with van der Waals surface area (Å²) in [5.41, 5.74) is 3.10. The lowest BCUT2D eigenvalue weighted by Crippen LogP contribution is -2.42. The van der Waals surface area contributed by atoms with Gasteiger partial charge in [0.05, 0.1) is 13.2 Å². The van der Waals surface area contributed by atoms with Crippen molar-refractivity contribution in [3.63, 3.8) is 0 Å². The second-order valence-corrected chi connectivity index (χ2v) is 5.45. The smallest absolute Gasteiger partial charge is 0.180 e. The molecule has 1 aliphatic heterocycles. The molecule has 2 aromatic rings. The zero-order chi connectivity index (χ0) is 14.8. The van der Waals surface area contributed by atoms with Gasteiger partial charge in [-0.1, -0.05) is 30.3 Å². The number of rotatable bonds is 3. The number of ketones is 1. The number of carbonyl (C=O) groups excluding carboxylic acids is 1. The Kier molecular flexibility index (Phi) is 3.76. The molecule has 3 nitrogen and oxygen atoms in total. The van der Waals surface area contributed by atoms with Crippen molar-refractivity contribution in [2.45, 2.75) is 26.1 Å². The number of hydrogen-bond acceptors (Lipinski definition) is 3. The molecule has 1 unspecified atom stereocenters. The Morgan fingerprint density at radius 3 is 2.67 bits per heavy atom. The van der Waals surface area contributed by atoms with Gasteiger partial charge in [-0.15, -0.1) is 0 Å². The maximum atomic E-state index is 12.5. The Balaban J connectivity index is 1.89. The van der Waals surface area contributed by atoms with Crippen molar-refractivity contribution in [2.75, 3.05) is 7.11 Å². The molecule has 21 heavy (non-hydrogen) atoms. The molecule has 0 aromatic heterocycles. The van der Waals surface area contributed by atoms with Crippen molar-refractivity contribution < 1.29 is 9.53 Å². The summed E-state index contributed by atoms with van der Waals surface area (Å²) in [5, 5.41) is 0. The van der Waals surface area contributed by atoms with Crippen molar-refractivity contribution in [3.8, 4) is 5.75 Å². The van der Waals surface area contributed by atoms with Crippen molar-refractivity contribution in [2.24, 2.45) is 0 Å². The second kappa shape index (κ2) is 5.70. The fourth-order valence-electron chi connectivity index (χ4n) is 2.83. The van der Waals surface area contributed by atoms with Gasteiger partial charge in [0.2, 0.25) is 0 Å². The Hall–Kier alpha value is -2.13. The third kappa shape index (κ3) is 2.69. The zero-order valence-corrected chi connectivity index (χ0v) is 12.4. The molecule has 0 saturated heterocycles. The summed E-state index contributed by atoms with van der Waals surface area (Å²) < 4.78 is 5.27. The van der Waals surface area contributed by atoms with Gasteiger partial charge in [-0.05, 0) is 36.2 Å². The Morgan fingerprint density at radius 2 is 1.95 bits per heavy atom. The molecule has 3 rings (SSSR count). The number of carbonyl (C=O) groups is 1. The first-order valence-electron chi connectivity index (χ1n) is 7.18. The highest BCUT2D eigenvalue weighted by atomic mass is 16.5. The van der Waals surface area contributed by atoms with Gasteiger partial charge in [-0.25, -0.2) is 0 Å². The van der Waals surface area contributed by atoms with Gasteiger partial charge in [0.25, 0.3) is 0 Å². The van der Waals surface area contributed by atoms with Crippen LogP contribution in [0.2, 0.25) is 0 Å². The normalized spacial score (nSPS) is 18.4. The van der Waals surface area contributed by atoms with E-state index in [0.717, 1.165) is 30.0 Å². The topological polar surface area (TPSA) is 29.5 Å². The van der Waals surface area contributed by atoms with Gasteiger partial charge in [-0.2, -0.15) is 0 Å². The van der Waals surface area contributed by atoms with Gasteiger partial charge in [0.1, 0.15) is 5.75 Å². The minimum Gasteiger partial charge on any atom is -0.497 e. The summed E-state index contributed by atoms with van der Waals surface area (Å²) in [6.07, 6.45) is 0. The third-order valence-corrected chi connectivity index (χ3v) is 4.11. The third-order valence-electron chi connectivity index (χ3n) is 4.11. The number of ether oxygens (including phenoxy) is 1. The molecule has 0 radical (unpaired) electrons. The molecule has 1 atom stereocenters. The summed E-state index contributed by atoms with van der Waals surface area (Å²) in [6.45, 7) is 3.54. The van der Waals surface area contributed by atoms with E-state index in [1.165, 1.54) is 5.56 Å². The van der Waals surface area contributed by atoms with E-state index in [1.807, 2.05) is 43.3 Å². The first-order chi connectivity index (χ1) is 10.2. The van der Waals surface area contributed by atoms with E-state index in [1.54, 1.807) is 7.11 Å². The molecule has 1 heterocycles. The average Bonchev–Trinajstić information content (AvgIpc) is 2.53. The summed E-state index contributed by atoms with van der Waals surface area (Å²) >= 11 is 0. The molecule has 0 aliphatic carbocycles. The molecule has 0 bridgehead atoms. The predicted octanol–water partition coefficient (Wildman–Crippen LogP) is 3.28. The lowest BCUT2D eigenvalue weighted by atomic mass is 9.93. The highest BCUT2D eigenvalue weighted by Gasteiger charge is 2.30. The van der Waals surface area contributed by atoms with E-state index in [9.17, 15) is 4.79 Å². The van der Waals surface area contributed by atoms with Crippen LogP contribution >= 0.6 is 0 Å². The molecular formula is C18H19NO2. The van der Waals surface area contributed by atoms with E-state index < -0.39 is 0 Å². The van der Waals surface area contributed by atoms with Crippen molar-refractivity contribution >= 4 is 5.78 Å². The van der Waals surface area contributed by atoms with Crippen molar-refractivity contribution in [1.82, 2.24) is 4.90 Å². The first kappa shape index (κ1) is 13.8. The zero-order valence-electron chi connectivity index (χ0n) is 12.4. The number of fused-ring (bicyclic) bond motifs is 1. The van der Waals surface area contributed by atoms with Crippen molar-refractivity contribution in [1.29, 1.82) is 0 Å². The maximum Gasteiger partial charge on any atom is 0.180 e. The second-order valence-electron chi connectivity index (χ2n) is 5.45. The molecule has 0 spiro atoms. The van der Waals surface area contributed by atoms with Gasteiger partial charge < -0.3 is 4.74 Å². The Labute approximate surface area is 125 Å². The monoisotopic (exact) mass is 281 g/mol. The highest BCUT2D eigenvalue weighted by Crippen LogP contribution is 2.27. The molecular weight excluding hydrogens is 262 g/mol. The average molecular weight is 281 g/mol. The minimum atomic E-state index is -0.0916. The van der Waals surface area contributed by atoms with Crippen LogP contribution in [0, 0.1) is 0 Å². The van der Waals surface area contributed by atoms with Crippen LogP contribution in [-0.4, -0.2) is 23.8 Å². The van der Waals surface area contributed by atoms with E-state index in [4.69, 9.17) is 4.74 Å². The largest absolute Gasteiger partial charge is 0.497 e. The lowest BCUT2D eigenvalue weighted by molar-refractivity contribution is 0.0779. The number of hydrogen-bond donors (Lipinski definition) is 0. The van der Waals surface area contributed by atoms with Gasteiger partial charge in [0.15, 0.2) is 5.78 Å². The van der Waals surface area contributed by atoms with Gasteiger partial charge in [-0.3, -0.25) is 9.69 Å². The molecule has 3 heteroatoms. The van der Waals surface area contributed by atoms with E-state index in [-0.39, 0.29) is 11.8 Å². The van der Waals surface area contributed by atoms with E-state index >= 15 is 0 Å². The van der Waals surface area contributed by atoms with Gasteiger partial charge in [0, 0.05) is 18.7 Å². The fourth-order valence-corrected chi connectivity index (χ4v) is 2.83. The Bertz CT molecular complexity index is 652. The van der Waals surface area contributed by atoms with Crippen LogP contribution in [0.3, 0.4) is 0 Å². The van der Waals surface area contributed by atoms with Gasteiger partial charge >= 0.3 is 0 Å². The van der Waals surface area contributed by atoms with Crippen LogP contribution in [0.25, 0.3) is 0 Å². The SMILES string of the molecule is COc1ccc2c(c1)CN(Cc1ccccc1)C(C)C2=O. The first-order valence-corrected chi connectivity index (χ1v) is 7.18. The molecule has 0 N–H and O–H groups in total. The molecule has 108 valence electrons. The summed E-state index contributed by atoms with van der Waals surface area (Å²) in [6, 6.07) is 15.9. The molecule has 2 aromatic carbocycles. The van der Waals surface area contributed by atoms with Crippen LogP contribution in [0.5, 0.6) is 5.75 Å². The number of benzene rings is 2. The van der Waals surface area contributed by atoms with Crippen LogP contribution in [0.1, 0.15) is 28.4 Å². The predicted molar refractivity (Wildman–Crippen MR) is 82.5 cm³/mol. The van der Waals surface area contributed by atoms with E-state index in [0.29, 0.717) is 0 Å². The molecule has 0 amide bonds. The molecule has 1 aliphatic rings. The standard InChI is InChI=1S/C18H19NO2/c1-13-18(20)17-9-8-16(21-2)10-15(17)12-19(13)11-14-6-4-3-5-7-14/h3-10,13H,11-12H2,1-2H3. The number of Topliss-reactive ketones (excluding diaryl/α,β-unsaturated/α-hetero) is 1. The summed E-state index contributed by atoms with van der Waals surface area (Å²) in [4.78, 5) is 14.7. The molecule has 0 fully saturated rings. The highest BCUT2D eigenvalue weighted by molar-refractivity contribution is 6.02. The summed E-state index contributed by atoms with van der Waals surface area (Å²) in [5.74, 6) is 0.991. The molecule has 0 saturated carbocycles. The van der Waals surface area contributed by atoms with Crippen LogP contribution in [0.15, 0.2) is 48.5 Å². The van der Waals surface area contributed by atoms with Crippen LogP contribution in [-0.2, 0) is 13.1 Å². The maximum absolute atomic E-state index is 12.5. The van der Waals surface area contributed by atoms with Crippen LogP contribution < -0.4 is 4.74 Å². The lowest BCUT2D eigenvalue weighted by Gasteiger charge is -2.33. The van der Waals surface area contributed by atoms with Crippen LogP contribution in [0.4, 0.5) is 0 Å². The minimum absolute atomic E-state index is 0.0916. The van der Waals surface area contributed by atoms with E-state index in [2.05, 4.69) is 17.0 Å². The summed E-state index contributed by atoms with van der Waals surface area (Å²) in [7, 11) is 1.65. The number of nitrogens with zero attached hydrogens (tertiary/aromatic N) is 1. The Morgan fingerprint density at radius 1 is 1.19 bits per heavy atom. The van der Waals surface area contributed by atoms with Crippen molar-refractivity contribution in [3.05, 3.63) is 65.2 Å². The fraction of sp³-hybridized carbons (Fsp3) is 0.278. The quantitative estimate of drug-likeness (QED) is 0.864. The number of methoxy groups -OCH3 is 1.